The summed E-state index contributed by atoms with van der Waals surface area (Å²) in [6.45, 7) is 4.30. The lowest BCUT2D eigenvalue weighted by molar-refractivity contribution is 0.574. The molecule has 1 aliphatic heterocycles. The maximum atomic E-state index is 11.5. The second kappa shape index (κ2) is 4.70. The van der Waals surface area contributed by atoms with Gasteiger partial charge in [-0.25, -0.2) is 13.1 Å². The number of hydrogen-bond acceptors (Lipinski definition) is 3. The topological polar surface area (TPSA) is 58.5 Å². The van der Waals surface area contributed by atoms with Crippen molar-refractivity contribution in [1.29, 1.82) is 0 Å². The van der Waals surface area contributed by atoms with Gasteiger partial charge in [0.1, 0.15) is 5.75 Å². The number of hydrogen-bond donors (Lipinski definition) is 1. The van der Waals surface area contributed by atoms with Crippen molar-refractivity contribution in [2.24, 2.45) is 4.99 Å². The molecular formula is C9H16N2O2S. The number of sulfonamides is 1. The van der Waals surface area contributed by atoms with Crippen LogP contribution in [0.2, 0.25) is 0 Å². The number of rotatable bonds is 4. The summed E-state index contributed by atoms with van der Waals surface area (Å²) in [6, 6.07) is -0.0619. The molecule has 1 N–H and O–H groups in total. The molecule has 0 aliphatic carbocycles. The van der Waals surface area contributed by atoms with Crippen LogP contribution in [0.4, 0.5) is 0 Å². The van der Waals surface area contributed by atoms with E-state index in [-0.39, 0.29) is 11.8 Å². The monoisotopic (exact) mass is 216 g/mol. The Kier molecular flexibility index (Phi) is 3.83. The first-order valence-electron chi connectivity index (χ1n) is 4.69. The zero-order valence-corrected chi connectivity index (χ0v) is 9.34. The van der Waals surface area contributed by atoms with Crippen LogP contribution in [-0.2, 0) is 10.0 Å². The zero-order chi connectivity index (χ0) is 10.6. The van der Waals surface area contributed by atoms with Gasteiger partial charge in [0.2, 0.25) is 10.0 Å². The second-order valence-corrected chi connectivity index (χ2v) is 5.35. The highest BCUT2D eigenvalue weighted by atomic mass is 32.2. The number of nitrogens with one attached hydrogen (secondary N) is 1. The molecule has 0 bridgehead atoms. The summed E-state index contributed by atoms with van der Waals surface area (Å²) >= 11 is 0. The van der Waals surface area contributed by atoms with E-state index >= 15 is 0 Å². The molecule has 0 fully saturated rings. The summed E-state index contributed by atoms with van der Waals surface area (Å²) in [5.41, 5.74) is 0.643. The van der Waals surface area contributed by atoms with Gasteiger partial charge in [-0.15, -0.1) is 0 Å². The maximum Gasteiger partial charge on any atom is 0.217 e. The number of aliphatic imine (C=N–C) groups is 1. The third kappa shape index (κ3) is 4.02. The van der Waals surface area contributed by atoms with E-state index in [1.54, 1.807) is 19.9 Å². The second-order valence-electron chi connectivity index (χ2n) is 3.60. The zero-order valence-electron chi connectivity index (χ0n) is 8.53. The van der Waals surface area contributed by atoms with Crippen LogP contribution in [0.15, 0.2) is 17.1 Å². The Morgan fingerprint density at radius 1 is 1.57 bits per heavy atom. The molecule has 5 heteroatoms. The van der Waals surface area contributed by atoms with Gasteiger partial charge in [0.25, 0.3) is 0 Å². The standard InChI is InChI=1S/C9H16N2O2S/c1-8(2)11-14(12,13)7-9-5-3-4-6-10-9/h3,5,8,11H,4,6-7H2,1-2H3. The minimum absolute atomic E-state index is 0.0122. The first-order chi connectivity index (χ1) is 6.49. The molecule has 80 valence electrons. The largest absolute Gasteiger partial charge is 0.288 e. The number of dihydropyridines is 1. The quantitative estimate of drug-likeness (QED) is 0.752. The summed E-state index contributed by atoms with van der Waals surface area (Å²) in [4.78, 5) is 4.13. The SMILES string of the molecule is CC(C)NS(=O)(=O)CC1=NCCC=C1. The van der Waals surface area contributed by atoms with E-state index in [1.165, 1.54) is 0 Å². The van der Waals surface area contributed by atoms with Crippen molar-refractivity contribution in [3.05, 3.63) is 12.2 Å². The van der Waals surface area contributed by atoms with Crippen LogP contribution in [0.5, 0.6) is 0 Å². The molecule has 1 aliphatic rings. The van der Waals surface area contributed by atoms with Crippen LogP contribution in [0.3, 0.4) is 0 Å². The Labute approximate surface area is 85.2 Å². The van der Waals surface area contributed by atoms with Crippen LogP contribution in [0, 0.1) is 0 Å². The molecule has 1 heterocycles. The van der Waals surface area contributed by atoms with E-state index < -0.39 is 10.0 Å². The summed E-state index contributed by atoms with van der Waals surface area (Å²) in [5.74, 6) is -0.0122. The third-order valence-electron chi connectivity index (χ3n) is 1.67. The van der Waals surface area contributed by atoms with E-state index in [9.17, 15) is 8.42 Å². The van der Waals surface area contributed by atoms with Crippen molar-refractivity contribution in [3.63, 3.8) is 0 Å². The van der Waals surface area contributed by atoms with Gasteiger partial charge in [0, 0.05) is 12.6 Å². The summed E-state index contributed by atoms with van der Waals surface area (Å²) in [7, 11) is -3.21. The van der Waals surface area contributed by atoms with Gasteiger partial charge in [-0.2, -0.15) is 0 Å². The van der Waals surface area contributed by atoms with E-state index in [4.69, 9.17) is 0 Å². The molecule has 1 rings (SSSR count). The van der Waals surface area contributed by atoms with Crippen molar-refractivity contribution in [1.82, 2.24) is 4.72 Å². The molecule has 0 amide bonds. The third-order valence-corrected chi connectivity index (χ3v) is 3.18. The van der Waals surface area contributed by atoms with Crippen molar-refractivity contribution < 1.29 is 8.42 Å². The Morgan fingerprint density at radius 2 is 2.29 bits per heavy atom. The van der Waals surface area contributed by atoms with E-state index in [1.807, 2.05) is 6.08 Å². The fourth-order valence-corrected chi connectivity index (χ4v) is 2.62. The average molecular weight is 216 g/mol. The molecule has 0 atom stereocenters. The average Bonchev–Trinajstić information content (AvgIpc) is 2.02. The molecule has 0 spiro atoms. The lowest BCUT2D eigenvalue weighted by Crippen LogP contribution is -2.34. The van der Waals surface area contributed by atoms with Gasteiger partial charge in [0.05, 0.1) is 5.71 Å². The van der Waals surface area contributed by atoms with Crippen LogP contribution in [-0.4, -0.2) is 32.5 Å². The smallest absolute Gasteiger partial charge is 0.217 e. The fourth-order valence-electron chi connectivity index (χ4n) is 1.24. The van der Waals surface area contributed by atoms with Crippen molar-refractivity contribution in [2.75, 3.05) is 12.3 Å². The van der Waals surface area contributed by atoms with Gasteiger partial charge in [-0.3, -0.25) is 4.99 Å². The predicted octanol–water partition coefficient (Wildman–Crippen LogP) is 0.715. The van der Waals surface area contributed by atoms with E-state index in [2.05, 4.69) is 9.71 Å². The van der Waals surface area contributed by atoms with Gasteiger partial charge in [0.15, 0.2) is 0 Å². The highest BCUT2D eigenvalue weighted by molar-refractivity contribution is 7.90. The molecule has 0 aromatic heterocycles. The van der Waals surface area contributed by atoms with Crippen molar-refractivity contribution in [2.45, 2.75) is 26.3 Å². The molecule has 14 heavy (non-hydrogen) atoms. The highest BCUT2D eigenvalue weighted by Gasteiger charge is 2.14. The van der Waals surface area contributed by atoms with Gasteiger partial charge < -0.3 is 0 Å². The molecule has 4 nitrogen and oxygen atoms in total. The van der Waals surface area contributed by atoms with Crippen LogP contribution in [0.25, 0.3) is 0 Å². The highest BCUT2D eigenvalue weighted by Crippen LogP contribution is 1.99. The summed E-state index contributed by atoms with van der Waals surface area (Å²) < 4.78 is 25.5. The van der Waals surface area contributed by atoms with Gasteiger partial charge >= 0.3 is 0 Å². The van der Waals surface area contributed by atoms with E-state index in [0.29, 0.717) is 12.3 Å². The molecule has 0 radical (unpaired) electrons. The predicted molar refractivity (Wildman–Crippen MR) is 58.1 cm³/mol. The van der Waals surface area contributed by atoms with Crippen LogP contribution < -0.4 is 4.72 Å². The molecule has 0 saturated heterocycles. The van der Waals surface area contributed by atoms with Crippen molar-refractivity contribution in [3.8, 4) is 0 Å². The minimum atomic E-state index is -3.21. The molecule has 0 aromatic carbocycles. The first-order valence-corrected chi connectivity index (χ1v) is 6.35. The summed E-state index contributed by atoms with van der Waals surface area (Å²) in [5, 5.41) is 0. The van der Waals surface area contributed by atoms with Gasteiger partial charge in [-0.1, -0.05) is 6.08 Å². The van der Waals surface area contributed by atoms with E-state index in [0.717, 1.165) is 6.42 Å². The maximum absolute atomic E-state index is 11.5. The lowest BCUT2D eigenvalue weighted by atomic mass is 10.2. The fraction of sp³-hybridized carbons (Fsp3) is 0.667. The van der Waals surface area contributed by atoms with Crippen molar-refractivity contribution >= 4 is 15.7 Å². The van der Waals surface area contributed by atoms with Crippen LogP contribution in [0.1, 0.15) is 20.3 Å². The molecule has 0 saturated carbocycles. The first kappa shape index (κ1) is 11.4. The number of allylic oxidation sites excluding steroid dienone is 1. The molecule has 0 aromatic rings. The Bertz CT molecular complexity index is 342. The normalized spacial score (nSPS) is 17.2. The molecular weight excluding hydrogens is 200 g/mol. The molecule has 0 unspecified atom stereocenters. The Hall–Kier alpha value is -0.680. The Morgan fingerprint density at radius 3 is 2.79 bits per heavy atom. The number of nitrogens with zero attached hydrogens (tertiary/aromatic N) is 1. The van der Waals surface area contributed by atoms with Crippen LogP contribution >= 0.6 is 0 Å². The lowest BCUT2D eigenvalue weighted by Gasteiger charge is -2.10. The minimum Gasteiger partial charge on any atom is -0.288 e. The van der Waals surface area contributed by atoms with Gasteiger partial charge in [-0.05, 0) is 26.3 Å². The summed E-state index contributed by atoms with van der Waals surface area (Å²) in [6.07, 6.45) is 4.64. The Balaban J connectivity index is 2.59.